The van der Waals surface area contributed by atoms with Crippen molar-refractivity contribution in [3.63, 3.8) is 0 Å². The molecule has 17 heavy (non-hydrogen) atoms. The Labute approximate surface area is 102 Å². The van der Waals surface area contributed by atoms with E-state index in [1.807, 2.05) is 26.8 Å². The van der Waals surface area contributed by atoms with Crippen LogP contribution in [0.15, 0.2) is 36.0 Å². The van der Waals surface area contributed by atoms with Gasteiger partial charge in [0.25, 0.3) is 5.91 Å². The zero-order valence-corrected chi connectivity index (χ0v) is 10.6. The Morgan fingerprint density at radius 1 is 1.41 bits per heavy atom. The van der Waals surface area contributed by atoms with E-state index >= 15 is 0 Å². The van der Waals surface area contributed by atoms with Gasteiger partial charge in [0.15, 0.2) is 0 Å². The summed E-state index contributed by atoms with van der Waals surface area (Å²) in [6.45, 7) is 9.93. The second-order valence-corrected chi connectivity index (χ2v) is 4.45. The van der Waals surface area contributed by atoms with Gasteiger partial charge in [-0.2, -0.15) is 0 Å². The summed E-state index contributed by atoms with van der Waals surface area (Å²) in [6, 6.07) is -0.361. The van der Waals surface area contributed by atoms with Crippen LogP contribution in [0.2, 0.25) is 0 Å². The first-order valence-electron chi connectivity index (χ1n) is 5.81. The highest BCUT2D eigenvalue weighted by Crippen LogP contribution is 2.25. The van der Waals surface area contributed by atoms with Crippen molar-refractivity contribution in [3.8, 4) is 0 Å². The maximum atomic E-state index is 12.2. The third-order valence-corrected chi connectivity index (χ3v) is 2.94. The Hall–Kier alpha value is -1.64. The van der Waals surface area contributed by atoms with E-state index in [1.54, 1.807) is 17.1 Å². The van der Waals surface area contributed by atoms with Crippen molar-refractivity contribution >= 4 is 12.2 Å². The van der Waals surface area contributed by atoms with Gasteiger partial charge in [0, 0.05) is 12.1 Å². The first-order valence-corrected chi connectivity index (χ1v) is 5.81. The monoisotopic (exact) mass is 233 g/mol. The normalized spacial score (nSPS) is 18.4. The number of hydrogen-bond acceptors (Lipinski definition) is 2. The second-order valence-electron chi connectivity index (χ2n) is 4.45. The summed E-state index contributed by atoms with van der Waals surface area (Å²) in [5.41, 5.74) is 1.54. The van der Waals surface area contributed by atoms with E-state index in [-0.39, 0.29) is 17.9 Å². The third-order valence-electron chi connectivity index (χ3n) is 2.94. The van der Waals surface area contributed by atoms with E-state index in [9.17, 15) is 9.59 Å². The lowest BCUT2D eigenvalue weighted by atomic mass is 10.0. The van der Waals surface area contributed by atoms with Crippen molar-refractivity contribution in [2.24, 2.45) is 5.92 Å². The molecule has 0 aromatic heterocycles. The van der Waals surface area contributed by atoms with Crippen LogP contribution < -0.4 is 0 Å². The largest absolute Gasteiger partial charge is 0.324 e. The molecule has 0 radical (unpaired) electrons. The predicted molar refractivity (Wildman–Crippen MR) is 68.4 cm³/mol. The molecule has 0 bridgehead atoms. The molecule has 0 aliphatic carbocycles. The van der Waals surface area contributed by atoms with Crippen molar-refractivity contribution in [2.75, 3.05) is 6.54 Å². The maximum absolute atomic E-state index is 12.2. The van der Waals surface area contributed by atoms with Crippen molar-refractivity contribution < 1.29 is 9.59 Å². The molecule has 1 atom stereocenters. The van der Waals surface area contributed by atoms with E-state index in [0.717, 1.165) is 11.9 Å². The Morgan fingerprint density at radius 2 is 2.06 bits per heavy atom. The number of rotatable bonds is 5. The third kappa shape index (κ3) is 2.54. The molecule has 0 aromatic rings. The average molecular weight is 233 g/mol. The number of aldehydes is 1. The van der Waals surface area contributed by atoms with Gasteiger partial charge < -0.3 is 9.69 Å². The van der Waals surface area contributed by atoms with Crippen LogP contribution in [-0.4, -0.2) is 29.7 Å². The summed E-state index contributed by atoms with van der Waals surface area (Å²) < 4.78 is 0. The van der Waals surface area contributed by atoms with Crippen molar-refractivity contribution in [3.05, 3.63) is 36.0 Å². The number of carbonyl (C=O) groups is 2. The van der Waals surface area contributed by atoms with Crippen LogP contribution in [0.4, 0.5) is 0 Å². The first kappa shape index (κ1) is 13.4. The Kier molecular flexibility index (Phi) is 4.44. The van der Waals surface area contributed by atoms with Gasteiger partial charge in [-0.1, -0.05) is 38.7 Å². The molecule has 92 valence electrons. The lowest BCUT2D eigenvalue weighted by Crippen LogP contribution is -2.42. The van der Waals surface area contributed by atoms with E-state index in [4.69, 9.17) is 0 Å². The molecule has 1 unspecified atom stereocenters. The van der Waals surface area contributed by atoms with Crippen LogP contribution in [0.1, 0.15) is 20.8 Å². The quantitative estimate of drug-likeness (QED) is 0.682. The summed E-state index contributed by atoms with van der Waals surface area (Å²) >= 11 is 0. The zero-order valence-electron chi connectivity index (χ0n) is 10.6. The van der Waals surface area contributed by atoms with Gasteiger partial charge in [-0.05, 0) is 18.4 Å². The van der Waals surface area contributed by atoms with Crippen LogP contribution in [0.3, 0.4) is 0 Å². The molecule has 0 spiro atoms. The standard InChI is InChI=1S/C14H19NO2/c1-5-7-12-11(6-2)8-15(14(12)17)13(9-16)10(3)4/h5-7,9-10,13H,2,8H2,1,3-4H3/b7-5-. The van der Waals surface area contributed by atoms with Crippen LogP contribution in [0.25, 0.3) is 0 Å². The van der Waals surface area contributed by atoms with E-state index < -0.39 is 0 Å². The fourth-order valence-corrected chi connectivity index (χ4v) is 1.98. The fraction of sp³-hybridized carbons (Fsp3) is 0.429. The van der Waals surface area contributed by atoms with Crippen LogP contribution >= 0.6 is 0 Å². The molecule has 3 heteroatoms. The SMILES string of the molecule is C=CC1=C(/C=C\C)C(=O)N(C(C=O)C(C)C)C1. The van der Waals surface area contributed by atoms with Crippen molar-refractivity contribution in [2.45, 2.75) is 26.8 Å². The summed E-state index contributed by atoms with van der Waals surface area (Å²) in [7, 11) is 0. The number of amides is 1. The minimum atomic E-state index is -0.361. The molecular weight excluding hydrogens is 214 g/mol. The van der Waals surface area contributed by atoms with Gasteiger partial charge >= 0.3 is 0 Å². The number of nitrogens with zero attached hydrogens (tertiary/aromatic N) is 1. The van der Waals surface area contributed by atoms with Crippen LogP contribution in [0.5, 0.6) is 0 Å². The van der Waals surface area contributed by atoms with Gasteiger partial charge in [0.1, 0.15) is 6.29 Å². The molecule has 1 aliphatic rings. The Morgan fingerprint density at radius 3 is 2.47 bits per heavy atom. The zero-order chi connectivity index (χ0) is 13.0. The van der Waals surface area contributed by atoms with Gasteiger partial charge in [0.05, 0.1) is 6.04 Å². The molecule has 0 N–H and O–H groups in total. The van der Waals surface area contributed by atoms with Crippen molar-refractivity contribution in [1.29, 1.82) is 0 Å². The highest BCUT2D eigenvalue weighted by molar-refractivity contribution is 6.01. The molecular formula is C14H19NO2. The molecule has 0 saturated heterocycles. The van der Waals surface area contributed by atoms with Gasteiger partial charge in [-0.15, -0.1) is 0 Å². The number of allylic oxidation sites excluding steroid dienone is 1. The highest BCUT2D eigenvalue weighted by atomic mass is 16.2. The minimum absolute atomic E-state index is 0.0798. The number of hydrogen-bond donors (Lipinski definition) is 0. The Balaban J connectivity index is 3.03. The lowest BCUT2D eigenvalue weighted by molar-refractivity contribution is -0.132. The van der Waals surface area contributed by atoms with Gasteiger partial charge in [-0.25, -0.2) is 0 Å². The average Bonchev–Trinajstić information content (AvgIpc) is 2.59. The van der Waals surface area contributed by atoms with E-state index in [2.05, 4.69) is 6.58 Å². The molecule has 1 rings (SSSR count). The van der Waals surface area contributed by atoms with E-state index in [0.29, 0.717) is 12.1 Å². The van der Waals surface area contributed by atoms with Crippen LogP contribution in [-0.2, 0) is 9.59 Å². The minimum Gasteiger partial charge on any atom is -0.324 e. The van der Waals surface area contributed by atoms with Gasteiger partial charge in [-0.3, -0.25) is 4.79 Å². The predicted octanol–water partition coefficient (Wildman–Crippen LogP) is 2.11. The summed E-state index contributed by atoms with van der Waals surface area (Å²) in [5.74, 6) is 0.0382. The van der Waals surface area contributed by atoms with Gasteiger partial charge in [0.2, 0.25) is 0 Å². The molecule has 1 heterocycles. The molecule has 3 nitrogen and oxygen atoms in total. The maximum Gasteiger partial charge on any atom is 0.255 e. The summed E-state index contributed by atoms with van der Waals surface area (Å²) in [4.78, 5) is 24.9. The highest BCUT2D eigenvalue weighted by Gasteiger charge is 2.33. The van der Waals surface area contributed by atoms with E-state index in [1.165, 1.54) is 0 Å². The molecule has 0 aromatic carbocycles. The first-order chi connectivity index (χ1) is 8.06. The molecule has 1 aliphatic heterocycles. The molecule has 1 amide bonds. The van der Waals surface area contributed by atoms with Crippen LogP contribution in [0, 0.1) is 5.92 Å². The topological polar surface area (TPSA) is 37.4 Å². The molecule has 0 saturated carbocycles. The Bertz CT molecular complexity index is 391. The number of carbonyl (C=O) groups excluding carboxylic acids is 2. The fourth-order valence-electron chi connectivity index (χ4n) is 1.98. The summed E-state index contributed by atoms with van der Waals surface area (Å²) in [6.07, 6.45) is 6.14. The molecule has 0 fully saturated rings. The van der Waals surface area contributed by atoms with Crippen molar-refractivity contribution in [1.82, 2.24) is 4.90 Å². The smallest absolute Gasteiger partial charge is 0.255 e. The summed E-state index contributed by atoms with van der Waals surface area (Å²) in [5, 5.41) is 0. The second kappa shape index (κ2) is 5.62. The lowest BCUT2D eigenvalue weighted by Gasteiger charge is -2.26.